The van der Waals surface area contributed by atoms with E-state index < -0.39 is 0 Å². The largest absolute Gasteiger partial charge is 0.456 e. The van der Waals surface area contributed by atoms with E-state index >= 15 is 0 Å². The first-order chi connectivity index (χ1) is 12.8. The van der Waals surface area contributed by atoms with Crippen LogP contribution >= 0.6 is 0 Å². The van der Waals surface area contributed by atoms with Crippen LogP contribution in [0.15, 0.2) is 89.5 Å². The zero-order valence-corrected chi connectivity index (χ0v) is 14.4. The molecule has 0 bridgehead atoms. The van der Waals surface area contributed by atoms with E-state index in [0.29, 0.717) is 0 Å². The lowest BCUT2D eigenvalue weighted by Gasteiger charge is -2.03. The first-order valence-corrected chi connectivity index (χ1v) is 8.73. The maximum atomic E-state index is 6.04. The standard InChI is InChI=1S/C24H17NO/c1-16-11-12-25-22(13-16)19-8-10-24-21(15-19)20-14-18(7-9-23(20)26-24)17-5-3-2-4-6-17/h2-15H,1H3. The van der Waals surface area contributed by atoms with Gasteiger partial charge in [-0.05, 0) is 66.1 Å². The Balaban J connectivity index is 1.72. The molecule has 0 N–H and O–H groups in total. The highest BCUT2D eigenvalue weighted by Gasteiger charge is 2.10. The molecule has 5 aromatic rings. The van der Waals surface area contributed by atoms with Crippen molar-refractivity contribution in [2.75, 3.05) is 0 Å². The molecule has 26 heavy (non-hydrogen) atoms. The van der Waals surface area contributed by atoms with Gasteiger partial charge in [0.15, 0.2) is 0 Å². The third-order valence-corrected chi connectivity index (χ3v) is 4.79. The van der Waals surface area contributed by atoms with Crippen LogP contribution < -0.4 is 0 Å². The fourth-order valence-electron chi connectivity index (χ4n) is 3.44. The lowest BCUT2D eigenvalue weighted by molar-refractivity contribution is 0.669. The smallest absolute Gasteiger partial charge is 0.135 e. The van der Waals surface area contributed by atoms with Gasteiger partial charge in [-0.2, -0.15) is 0 Å². The first-order valence-electron chi connectivity index (χ1n) is 8.73. The Morgan fingerprint density at radius 3 is 2.08 bits per heavy atom. The topological polar surface area (TPSA) is 26.0 Å². The summed E-state index contributed by atoms with van der Waals surface area (Å²) in [6.45, 7) is 2.09. The Labute approximate surface area is 151 Å². The summed E-state index contributed by atoms with van der Waals surface area (Å²) in [5, 5.41) is 2.26. The van der Waals surface area contributed by atoms with E-state index in [1.165, 1.54) is 16.7 Å². The fourth-order valence-corrected chi connectivity index (χ4v) is 3.44. The van der Waals surface area contributed by atoms with Crippen LogP contribution in [-0.2, 0) is 0 Å². The number of hydrogen-bond acceptors (Lipinski definition) is 2. The summed E-state index contributed by atoms with van der Waals surface area (Å²) in [5.74, 6) is 0. The molecule has 0 spiro atoms. The van der Waals surface area contributed by atoms with E-state index in [9.17, 15) is 0 Å². The van der Waals surface area contributed by atoms with Crippen LogP contribution in [0.3, 0.4) is 0 Å². The first kappa shape index (κ1) is 14.9. The van der Waals surface area contributed by atoms with Gasteiger partial charge < -0.3 is 4.42 Å². The van der Waals surface area contributed by atoms with E-state index in [0.717, 1.165) is 33.2 Å². The van der Waals surface area contributed by atoms with Crippen molar-refractivity contribution in [2.45, 2.75) is 6.92 Å². The molecule has 0 fully saturated rings. The third kappa shape index (κ3) is 2.47. The molecule has 2 nitrogen and oxygen atoms in total. The van der Waals surface area contributed by atoms with Crippen molar-refractivity contribution in [3.63, 3.8) is 0 Å². The Bertz CT molecular complexity index is 1240. The van der Waals surface area contributed by atoms with E-state index in [4.69, 9.17) is 4.42 Å². The Morgan fingerprint density at radius 1 is 0.654 bits per heavy atom. The normalized spacial score (nSPS) is 11.3. The third-order valence-electron chi connectivity index (χ3n) is 4.79. The van der Waals surface area contributed by atoms with Crippen molar-refractivity contribution in [1.29, 1.82) is 0 Å². The predicted molar refractivity (Wildman–Crippen MR) is 107 cm³/mol. The molecule has 2 aromatic heterocycles. The molecule has 0 saturated heterocycles. The Hall–Kier alpha value is -3.39. The van der Waals surface area contributed by atoms with Crippen molar-refractivity contribution in [2.24, 2.45) is 0 Å². The average Bonchev–Trinajstić information content (AvgIpc) is 3.06. The molecule has 124 valence electrons. The number of rotatable bonds is 2. The van der Waals surface area contributed by atoms with Gasteiger partial charge in [-0.15, -0.1) is 0 Å². The molecule has 0 radical (unpaired) electrons. The molecular weight excluding hydrogens is 318 g/mol. The minimum absolute atomic E-state index is 0.904. The molecule has 0 saturated carbocycles. The molecule has 0 atom stereocenters. The molecule has 5 rings (SSSR count). The summed E-state index contributed by atoms with van der Waals surface area (Å²) in [6, 6.07) is 27.2. The highest BCUT2D eigenvalue weighted by atomic mass is 16.3. The van der Waals surface area contributed by atoms with Gasteiger partial charge in [-0.3, -0.25) is 4.98 Å². The van der Waals surface area contributed by atoms with Gasteiger partial charge in [0, 0.05) is 22.5 Å². The summed E-state index contributed by atoms with van der Waals surface area (Å²) < 4.78 is 6.04. The molecule has 3 aromatic carbocycles. The van der Waals surface area contributed by atoms with Gasteiger partial charge in [0.1, 0.15) is 11.2 Å². The number of aryl methyl sites for hydroxylation is 1. The summed E-state index contributed by atoms with van der Waals surface area (Å²) in [4.78, 5) is 4.52. The minimum atomic E-state index is 0.904. The van der Waals surface area contributed by atoms with Gasteiger partial charge in [0.2, 0.25) is 0 Å². The highest BCUT2D eigenvalue weighted by molar-refractivity contribution is 6.07. The highest BCUT2D eigenvalue weighted by Crippen LogP contribution is 2.34. The van der Waals surface area contributed by atoms with Gasteiger partial charge in [-0.1, -0.05) is 36.4 Å². The van der Waals surface area contributed by atoms with E-state index in [1.807, 2.05) is 24.4 Å². The quantitative estimate of drug-likeness (QED) is 0.362. The molecule has 0 unspecified atom stereocenters. The summed E-state index contributed by atoms with van der Waals surface area (Å²) in [6.07, 6.45) is 1.86. The summed E-state index contributed by atoms with van der Waals surface area (Å²) >= 11 is 0. The molecular formula is C24H17NO. The number of benzene rings is 3. The van der Waals surface area contributed by atoms with Crippen LogP contribution in [-0.4, -0.2) is 4.98 Å². The minimum Gasteiger partial charge on any atom is -0.456 e. The molecule has 2 heteroatoms. The van der Waals surface area contributed by atoms with Crippen LogP contribution in [0.2, 0.25) is 0 Å². The number of fused-ring (bicyclic) bond motifs is 3. The monoisotopic (exact) mass is 335 g/mol. The molecule has 0 aliphatic rings. The van der Waals surface area contributed by atoms with Crippen molar-refractivity contribution < 1.29 is 4.42 Å². The predicted octanol–water partition coefficient (Wildman–Crippen LogP) is 6.62. The van der Waals surface area contributed by atoms with Gasteiger partial charge in [0.25, 0.3) is 0 Å². The van der Waals surface area contributed by atoms with Crippen molar-refractivity contribution in [1.82, 2.24) is 4.98 Å². The van der Waals surface area contributed by atoms with Crippen LogP contribution in [0, 0.1) is 6.92 Å². The lowest BCUT2D eigenvalue weighted by atomic mass is 10.0. The van der Waals surface area contributed by atoms with Gasteiger partial charge >= 0.3 is 0 Å². The maximum Gasteiger partial charge on any atom is 0.135 e. The zero-order chi connectivity index (χ0) is 17.5. The second-order valence-electron chi connectivity index (χ2n) is 6.61. The van der Waals surface area contributed by atoms with Gasteiger partial charge in [0.05, 0.1) is 5.69 Å². The molecule has 0 amide bonds. The SMILES string of the molecule is Cc1ccnc(-c2ccc3oc4ccc(-c5ccccc5)cc4c3c2)c1. The van der Waals surface area contributed by atoms with Crippen LogP contribution in [0.1, 0.15) is 5.56 Å². The lowest BCUT2D eigenvalue weighted by Crippen LogP contribution is -1.84. The van der Waals surface area contributed by atoms with Crippen LogP contribution in [0.5, 0.6) is 0 Å². The fraction of sp³-hybridized carbons (Fsp3) is 0.0417. The molecule has 0 aliphatic heterocycles. The summed E-state index contributed by atoms with van der Waals surface area (Å²) in [5.41, 5.74) is 7.52. The second-order valence-corrected chi connectivity index (χ2v) is 6.61. The van der Waals surface area contributed by atoms with Crippen molar-refractivity contribution in [3.8, 4) is 22.4 Å². The molecule has 0 aliphatic carbocycles. The number of nitrogens with zero attached hydrogens (tertiary/aromatic N) is 1. The van der Waals surface area contributed by atoms with Crippen LogP contribution in [0.4, 0.5) is 0 Å². The zero-order valence-electron chi connectivity index (χ0n) is 14.4. The number of hydrogen-bond donors (Lipinski definition) is 0. The Morgan fingerprint density at radius 2 is 1.35 bits per heavy atom. The second kappa shape index (κ2) is 5.85. The van der Waals surface area contributed by atoms with E-state index in [-0.39, 0.29) is 0 Å². The van der Waals surface area contributed by atoms with Crippen molar-refractivity contribution in [3.05, 3.63) is 90.6 Å². The Kier molecular flexibility index (Phi) is 3.36. The maximum absolute atomic E-state index is 6.04. The number of furan rings is 1. The number of pyridine rings is 1. The van der Waals surface area contributed by atoms with Crippen LogP contribution in [0.25, 0.3) is 44.3 Å². The summed E-state index contributed by atoms with van der Waals surface area (Å²) in [7, 11) is 0. The average molecular weight is 335 g/mol. The van der Waals surface area contributed by atoms with Crippen molar-refractivity contribution >= 4 is 21.9 Å². The van der Waals surface area contributed by atoms with E-state index in [2.05, 4.69) is 72.6 Å². The molecule has 2 heterocycles. The number of aromatic nitrogens is 1. The van der Waals surface area contributed by atoms with Gasteiger partial charge in [-0.25, -0.2) is 0 Å². The van der Waals surface area contributed by atoms with E-state index in [1.54, 1.807) is 0 Å².